The molecule has 1 amide bonds. The number of halogens is 1. The molecule has 9 heteroatoms. The number of rotatable bonds is 9. The zero-order valence-electron chi connectivity index (χ0n) is 15.1. The Morgan fingerprint density at radius 3 is 2.54 bits per heavy atom. The van der Waals surface area contributed by atoms with E-state index < -0.39 is 23.4 Å². The number of non-ortho nitro benzene ring substituents is 1. The summed E-state index contributed by atoms with van der Waals surface area (Å²) in [6.45, 7) is 1.85. The molecule has 2 rings (SSSR count). The fourth-order valence-corrected chi connectivity index (χ4v) is 2.39. The van der Waals surface area contributed by atoms with Crippen LogP contribution in [0.3, 0.4) is 0 Å². The van der Waals surface area contributed by atoms with Gasteiger partial charge in [0.05, 0.1) is 22.2 Å². The van der Waals surface area contributed by atoms with Crippen LogP contribution in [0.15, 0.2) is 42.5 Å². The van der Waals surface area contributed by atoms with Crippen molar-refractivity contribution in [1.29, 1.82) is 0 Å². The zero-order chi connectivity index (χ0) is 20.5. The van der Waals surface area contributed by atoms with Crippen molar-refractivity contribution in [2.24, 2.45) is 0 Å². The van der Waals surface area contributed by atoms with Gasteiger partial charge in [-0.05, 0) is 31.5 Å². The van der Waals surface area contributed by atoms with Crippen LogP contribution in [-0.4, -0.2) is 30.0 Å². The van der Waals surface area contributed by atoms with Crippen molar-refractivity contribution in [2.45, 2.75) is 19.8 Å². The molecule has 0 radical (unpaired) electrons. The van der Waals surface area contributed by atoms with Gasteiger partial charge in [-0.3, -0.25) is 19.7 Å². The lowest BCUT2D eigenvalue weighted by Gasteiger charge is -2.08. The molecule has 148 valence electrons. The molecule has 0 saturated heterocycles. The highest BCUT2D eigenvalue weighted by Gasteiger charge is 2.13. The molecule has 0 atom stereocenters. The summed E-state index contributed by atoms with van der Waals surface area (Å²) >= 11 is 5.88. The van der Waals surface area contributed by atoms with E-state index in [1.165, 1.54) is 12.1 Å². The predicted octanol–water partition coefficient (Wildman–Crippen LogP) is 3.90. The molecule has 8 nitrogen and oxygen atoms in total. The topological polar surface area (TPSA) is 108 Å². The minimum atomic E-state index is -0.597. The number of carbonyl (C=O) groups excluding carboxylic acids is 2. The first-order valence-electron chi connectivity index (χ1n) is 8.44. The lowest BCUT2D eigenvalue weighted by molar-refractivity contribution is -0.384. The third-order valence-electron chi connectivity index (χ3n) is 3.62. The molecule has 0 saturated carbocycles. The predicted molar refractivity (Wildman–Crippen MR) is 104 cm³/mol. The highest BCUT2D eigenvalue weighted by atomic mass is 35.5. The van der Waals surface area contributed by atoms with Crippen molar-refractivity contribution >= 4 is 34.9 Å². The molecule has 1 N–H and O–H groups in total. The molecule has 0 spiro atoms. The molecule has 2 aromatic rings. The van der Waals surface area contributed by atoms with E-state index in [9.17, 15) is 19.7 Å². The van der Waals surface area contributed by atoms with Gasteiger partial charge in [0.25, 0.3) is 11.6 Å². The van der Waals surface area contributed by atoms with Crippen LogP contribution in [0, 0.1) is 17.0 Å². The first-order chi connectivity index (χ1) is 13.3. The number of anilines is 1. The van der Waals surface area contributed by atoms with Crippen LogP contribution in [0.1, 0.15) is 18.4 Å². The molecule has 0 aliphatic carbocycles. The Hall–Kier alpha value is -3.13. The van der Waals surface area contributed by atoms with Gasteiger partial charge in [-0.1, -0.05) is 29.3 Å². The number of aryl methyl sites for hydroxylation is 1. The molecule has 2 aromatic carbocycles. The highest BCUT2D eigenvalue weighted by molar-refractivity contribution is 6.34. The van der Waals surface area contributed by atoms with Gasteiger partial charge in [0.1, 0.15) is 5.75 Å². The summed E-state index contributed by atoms with van der Waals surface area (Å²) < 4.78 is 10.4. The normalized spacial score (nSPS) is 10.2. The van der Waals surface area contributed by atoms with E-state index in [2.05, 4.69) is 5.32 Å². The van der Waals surface area contributed by atoms with Gasteiger partial charge in [0, 0.05) is 18.6 Å². The number of hydrogen-bond donors (Lipinski definition) is 1. The number of amides is 1. The smallest absolute Gasteiger partial charge is 0.306 e. The fourth-order valence-electron chi connectivity index (χ4n) is 2.16. The second kappa shape index (κ2) is 10.3. The van der Waals surface area contributed by atoms with Gasteiger partial charge < -0.3 is 14.8 Å². The summed E-state index contributed by atoms with van der Waals surface area (Å²) in [5.41, 5.74) is 1.13. The van der Waals surface area contributed by atoms with Gasteiger partial charge >= 0.3 is 5.97 Å². The number of benzene rings is 2. The van der Waals surface area contributed by atoms with Crippen LogP contribution in [0.4, 0.5) is 11.4 Å². The van der Waals surface area contributed by atoms with Crippen LogP contribution in [0.25, 0.3) is 0 Å². The minimum Gasteiger partial charge on any atom is -0.494 e. The minimum absolute atomic E-state index is 0.0159. The van der Waals surface area contributed by atoms with Crippen LogP contribution < -0.4 is 10.1 Å². The average Bonchev–Trinajstić information content (AvgIpc) is 2.66. The first kappa shape index (κ1) is 21.2. The van der Waals surface area contributed by atoms with E-state index in [4.69, 9.17) is 21.1 Å². The molecule has 0 unspecified atom stereocenters. The summed E-state index contributed by atoms with van der Waals surface area (Å²) in [6, 6.07) is 11.2. The Morgan fingerprint density at radius 1 is 1.18 bits per heavy atom. The van der Waals surface area contributed by atoms with Gasteiger partial charge in [-0.2, -0.15) is 0 Å². The van der Waals surface area contributed by atoms with Crippen molar-refractivity contribution in [3.05, 3.63) is 63.2 Å². The number of esters is 1. The molecule has 0 fully saturated rings. The summed E-state index contributed by atoms with van der Waals surface area (Å²) in [4.78, 5) is 33.6. The average molecular weight is 407 g/mol. The SMILES string of the molecule is Cc1ccc(OCCCC(=O)OCC(=O)Nc2ccc([N+](=O)[O-])cc2Cl)cc1. The molecule has 0 aliphatic rings. The van der Waals surface area contributed by atoms with Crippen molar-refractivity contribution in [2.75, 3.05) is 18.5 Å². The number of nitro groups is 1. The largest absolute Gasteiger partial charge is 0.494 e. The number of nitrogens with one attached hydrogen (secondary N) is 1. The van der Waals surface area contributed by atoms with Crippen molar-refractivity contribution in [1.82, 2.24) is 0 Å². The number of ether oxygens (including phenoxy) is 2. The quantitative estimate of drug-likeness (QED) is 0.293. The Bertz CT molecular complexity index is 854. The molecule has 0 aliphatic heterocycles. The summed E-state index contributed by atoms with van der Waals surface area (Å²) in [6.07, 6.45) is 0.555. The zero-order valence-corrected chi connectivity index (χ0v) is 15.9. The molecule has 0 heterocycles. The molecule has 0 bridgehead atoms. The van der Waals surface area contributed by atoms with E-state index in [0.29, 0.717) is 13.0 Å². The number of nitro benzene ring substituents is 1. The molecular weight excluding hydrogens is 388 g/mol. The van der Waals surface area contributed by atoms with E-state index >= 15 is 0 Å². The summed E-state index contributed by atoms with van der Waals surface area (Å²) in [5.74, 6) is -0.407. The second-order valence-electron chi connectivity index (χ2n) is 5.90. The number of hydrogen-bond acceptors (Lipinski definition) is 6. The lowest BCUT2D eigenvalue weighted by atomic mass is 10.2. The van der Waals surface area contributed by atoms with Crippen LogP contribution in [0.2, 0.25) is 5.02 Å². The fraction of sp³-hybridized carbons (Fsp3) is 0.263. The molecule has 28 heavy (non-hydrogen) atoms. The van der Waals surface area contributed by atoms with Crippen LogP contribution in [0.5, 0.6) is 5.75 Å². The number of nitrogens with zero attached hydrogens (tertiary/aromatic N) is 1. The Balaban J connectivity index is 1.67. The van der Waals surface area contributed by atoms with Crippen molar-refractivity contribution < 1.29 is 24.0 Å². The van der Waals surface area contributed by atoms with Crippen molar-refractivity contribution in [3.8, 4) is 5.75 Å². The van der Waals surface area contributed by atoms with E-state index in [-0.39, 0.29) is 22.8 Å². The molecular formula is C19H19ClN2O6. The third kappa shape index (κ3) is 6.88. The van der Waals surface area contributed by atoms with Crippen molar-refractivity contribution in [3.63, 3.8) is 0 Å². The van der Waals surface area contributed by atoms with E-state index in [1.54, 1.807) is 0 Å². The monoisotopic (exact) mass is 406 g/mol. The molecule has 0 aromatic heterocycles. The third-order valence-corrected chi connectivity index (χ3v) is 3.93. The van der Waals surface area contributed by atoms with Crippen LogP contribution >= 0.6 is 11.6 Å². The lowest BCUT2D eigenvalue weighted by Crippen LogP contribution is -2.21. The maximum absolute atomic E-state index is 11.8. The standard InChI is InChI=1S/C19H19ClN2O6/c1-13-4-7-15(8-5-13)27-10-2-3-19(24)28-12-18(23)21-17-9-6-14(22(25)26)11-16(17)20/h4-9,11H,2-3,10,12H2,1H3,(H,21,23). The van der Waals surface area contributed by atoms with Gasteiger partial charge in [-0.25, -0.2) is 0 Å². The first-order valence-corrected chi connectivity index (χ1v) is 8.82. The summed E-state index contributed by atoms with van der Waals surface area (Å²) in [5, 5.41) is 13.1. The highest BCUT2D eigenvalue weighted by Crippen LogP contribution is 2.26. The van der Waals surface area contributed by atoms with E-state index in [0.717, 1.165) is 17.4 Å². The maximum Gasteiger partial charge on any atom is 0.306 e. The Labute approximate surface area is 166 Å². The van der Waals surface area contributed by atoms with Gasteiger partial charge in [0.15, 0.2) is 6.61 Å². The second-order valence-corrected chi connectivity index (χ2v) is 6.30. The van der Waals surface area contributed by atoms with Gasteiger partial charge in [0.2, 0.25) is 0 Å². The van der Waals surface area contributed by atoms with E-state index in [1.807, 2.05) is 31.2 Å². The van der Waals surface area contributed by atoms with Gasteiger partial charge in [-0.15, -0.1) is 0 Å². The Kier molecular flexibility index (Phi) is 7.76. The maximum atomic E-state index is 11.8. The Morgan fingerprint density at radius 2 is 1.89 bits per heavy atom. The number of carbonyl (C=O) groups is 2. The summed E-state index contributed by atoms with van der Waals surface area (Å²) in [7, 11) is 0. The van der Waals surface area contributed by atoms with Crippen LogP contribution in [-0.2, 0) is 14.3 Å².